The zero-order valence-corrected chi connectivity index (χ0v) is 14.8. The minimum atomic E-state index is 0.417. The van der Waals surface area contributed by atoms with Crippen LogP contribution < -0.4 is 10.6 Å². The van der Waals surface area contributed by atoms with Crippen molar-refractivity contribution in [3.8, 4) is 0 Å². The van der Waals surface area contributed by atoms with Crippen LogP contribution in [0.2, 0.25) is 0 Å². The maximum absolute atomic E-state index is 4.62. The highest BCUT2D eigenvalue weighted by molar-refractivity contribution is 5.79. The molecular weight excluding hydrogens is 276 g/mol. The van der Waals surface area contributed by atoms with Crippen molar-refractivity contribution < 1.29 is 0 Å². The Hall–Kier alpha value is -1.59. The van der Waals surface area contributed by atoms with Gasteiger partial charge in [0.1, 0.15) is 12.9 Å². The van der Waals surface area contributed by atoms with Crippen LogP contribution in [0, 0.1) is 5.92 Å². The SMILES string of the molecule is CCNC(=NCc1nncn1CC)NC(C)CCCC(C)C. The van der Waals surface area contributed by atoms with Gasteiger partial charge in [0, 0.05) is 19.1 Å². The quantitative estimate of drug-likeness (QED) is 0.543. The van der Waals surface area contributed by atoms with E-state index in [2.05, 4.69) is 60.4 Å². The monoisotopic (exact) mass is 308 g/mol. The zero-order valence-electron chi connectivity index (χ0n) is 14.8. The molecule has 6 nitrogen and oxygen atoms in total. The van der Waals surface area contributed by atoms with Gasteiger partial charge in [0.15, 0.2) is 11.8 Å². The van der Waals surface area contributed by atoms with Gasteiger partial charge in [0.05, 0.1) is 0 Å². The third-order valence-corrected chi connectivity index (χ3v) is 3.56. The lowest BCUT2D eigenvalue weighted by atomic mass is 10.0. The summed E-state index contributed by atoms with van der Waals surface area (Å²) >= 11 is 0. The van der Waals surface area contributed by atoms with Crippen molar-refractivity contribution in [1.29, 1.82) is 0 Å². The van der Waals surface area contributed by atoms with E-state index in [1.165, 1.54) is 12.8 Å². The summed E-state index contributed by atoms with van der Waals surface area (Å²) in [5.74, 6) is 2.52. The topological polar surface area (TPSA) is 67.1 Å². The molecule has 1 rings (SSSR count). The first-order valence-corrected chi connectivity index (χ1v) is 8.48. The number of hydrogen-bond acceptors (Lipinski definition) is 3. The minimum absolute atomic E-state index is 0.417. The van der Waals surface area contributed by atoms with E-state index in [-0.39, 0.29) is 0 Å². The lowest BCUT2D eigenvalue weighted by Crippen LogP contribution is -2.42. The van der Waals surface area contributed by atoms with E-state index in [0.717, 1.165) is 37.2 Å². The molecule has 126 valence electrons. The molecule has 0 saturated carbocycles. The van der Waals surface area contributed by atoms with Crippen molar-refractivity contribution in [2.45, 2.75) is 73.0 Å². The van der Waals surface area contributed by atoms with E-state index < -0.39 is 0 Å². The molecule has 22 heavy (non-hydrogen) atoms. The van der Waals surface area contributed by atoms with Crippen LogP contribution in [0.1, 0.15) is 59.7 Å². The molecule has 1 unspecified atom stereocenters. The molecule has 1 aromatic heterocycles. The number of aryl methyl sites for hydroxylation is 1. The van der Waals surface area contributed by atoms with Crippen LogP contribution in [0.5, 0.6) is 0 Å². The normalized spacial score (nSPS) is 13.5. The molecule has 1 heterocycles. The molecule has 2 N–H and O–H groups in total. The smallest absolute Gasteiger partial charge is 0.191 e. The average molecular weight is 308 g/mol. The molecule has 0 aliphatic heterocycles. The Morgan fingerprint density at radius 2 is 2.05 bits per heavy atom. The molecule has 0 spiro atoms. The van der Waals surface area contributed by atoms with Gasteiger partial charge in [-0.05, 0) is 33.1 Å². The van der Waals surface area contributed by atoms with Crippen LogP contribution in [0.4, 0.5) is 0 Å². The summed E-state index contributed by atoms with van der Waals surface area (Å²) in [6.45, 7) is 13.2. The Kier molecular flexibility index (Phi) is 8.55. The first-order chi connectivity index (χ1) is 10.6. The summed E-state index contributed by atoms with van der Waals surface area (Å²) < 4.78 is 2.01. The molecule has 6 heteroatoms. The van der Waals surface area contributed by atoms with Crippen LogP contribution >= 0.6 is 0 Å². The predicted octanol–water partition coefficient (Wildman–Crippen LogP) is 2.57. The lowest BCUT2D eigenvalue weighted by Gasteiger charge is -2.18. The van der Waals surface area contributed by atoms with Crippen molar-refractivity contribution in [2.24, 2.45) is 10.9 Å². The van der Waals surface area contributed by atoms with E-state index in [0.29, 0.717) is 12.6 Å². The van der Waals surface area contributed by atoms with Gasteiger partial charge in [-0.3, -0.25) is 0 Å². The van der Waals surface area contributed by atoms with Crippen molar-refractivity contribution in [1.82, 2.24) is 25.4 Å². The number of guanidine groups is 1. The summed E-state index contributed by atoms with van der Waals surface area (Å²) in [6.07, 6.45) is 5.43. The number of aliphatic imine (C=N–C) groups is 1. The molecule has 1 aromatic rings. The molecule has 0 aliphatic carbocycles. The highest BCUT2D eigenvalue weighted by Gasteiger charge is 2.07. The molecule has 0 aromatic carbocycles. The Balaban J connectivity index is 2.51. The summed E-state index contributed by atoms with van der Waals surface area (Å²) in [4.78, 5) is 4.62. The largest absolute Gasteiger partial charge is 0.357 e. The van der Waals surface area contributed by atoms with Crippen LogP contribution in [-0.4, -0.2) is 33.3 Å². The molecule has 0 fully saturated rings. The van der Waals surface area contributed by atoms with E-state index in [1.807, 2.05) is 4.57 Å². The second-order valence-corrected chi connectivity index (χ2v) is 6.10. The van der Waals surface area contributed by atoms with Gasteiger partial charge in [-0.1, -0.05) is 26.7 Å². The van der Waals surface area contributed by atoms with Gasteiger partial charge in [0.25, 0.3) is 0 Å². The van der Waals surface area contributed by atoms with Gasteiger partial charge >= 0.3 is 0 Å². The standard InChI is InChI=1S/C16H32N6/c1-6-17-16(20-14(5)10-8-9-13(3)4)18-11-15-21-19-12-22(15)7-2/h12-14H,6-11H2,1-5H3,(H2,17,18,20). The summed E-state index contributed by atoms with van der Waals surface area (Å²) in [5, 5.41) is 14.8. The predicted molar refractivity (Wildman–Crippen MR) is 91.8 cm³/mol. The molecule has 0 amide bonds. The summed E-state index contributed by atoms with van der Waals surface area (Å²) in [5.41, 5.74) is 0. The number of nitrogens with one attached hydrogen (secondary N) is 2. The Morgan fingerprint density at radius 1 is 1.27 bits per heavy atom. The van der Waals surface area contributed by atoms with Crippen LogP contribution in [0.25, 0.3) is 0 Å². The van der Waals surface area contributed by atoms with E-state index in [9.17, 15) is 0 Å². The third-order valence-electron chi connectivity index (χ3n) is 3.56. The number of rotatable bonds is 9. The molecular formula is C16H32N6. The lowest BCUT2D eigenvalue weighted by molar-refractivity contribution is 0.491. The second kappa shape index (κ2) is 10.2. The highest BCUT2D eigenvalue weighted by Crippen LogP contribution is 2.08. The summed E-state index contributed by atoms with van der Waals surface area (Å²) in [7, 11) is 0. The average Bonchev–Trinajstić information content (AvgIpc) is 2.92. The minimum Gasteiger partial charge on any atom is -0.357 e. The van der Waals surface area contributed by atoms with E-state index in [4.69, 9.17) is 0 Å². The number of nitrogens with zero attached hydrogens (tertiary/aromatic N) is 4. The fourth-order valence-corrected chi connectivity index (χ4v) is 2.27. The van der Waals surface area contributed by atoms with E-state index in [1.54, 1.807) is 6.33 Å². The maximum atomic E-state index is 4.62. The molecule has 1 atom stereocenters. The van der Waals surface area contributed by atoms with Crippen LogP contribution in [0.15, 0.2) is 11.3 Å². The van der Waals surface area contributed by atoms with Crippen molar-refractivity contribution in [3.05, 3.63) is 12.2 Å². The molecule has 0 bridgehead atoms. The Morgan fingerprint density at radius 3 is 2.68 bits per heavy atom. The van der Waals surface area contributed by atoms with Gasteiger partial charge in [-0.2, -0.15) is 0 Å². The highest BCUT2D eigenvalue weighted by atomic mass is 15.3. The van der Waals surface area contributed by atoms with Crippen molar-refractivity contribution in [3.63, 3.8) is 0 Å². The first-order valence-electron chi connectivity index (χ1n) is 8.48. The van der Waals surface area contributed by atoms with Gasteiger partial charge in [-0.15, -0.1) is 10.2 Å². The van der Waals surface area contributed by atoms with Crippen LogP contribution in [0.3, 0.4) is 0 Å². The molecule has 0 aliphatic rings. The Bertz CT molecular complexity index is 438. The fraction of sp³-hybridized carbons (Fsp3) is 0.812. The van der Waals surface area contributed by atoms with Crippen molar-refractivity contribution >= 4 is 5.96 Å². The van der Waals surface area contributed by atoms with Crippen molar-refractivity contribution in [2.75, 3.05) is 6.54 Å². The Labute approximate surface area is 134 Å². The number of hydrogen-bond donors (Lipinski definition) is 2. The van der Waals surface area contributed by atoms with E-state index >= 15 is 0 Å². The second-order valence-electron chi connectivity index (χ2n) is 6.10. The zero-order chi connectivity index (χ0) is 16.4. The molecule has 0 radical (unpaired) electrons. The molecule has 0 saturated heterocycles. The summed E-state index contributed by atoms with van der Waals surface area (Å²) in [6, 6.07) is 0.417. The first kappa shape index (κ1) is 18.5. The van der Waals surface area contributed by atoms with Gasteiger partial charge in [-0.25, -0.2) is 4.99 Å². The van der Waals surface area contributed by atoms with Gasteiger partial charge < -0.3 is 15.2 Å². The fourth-order valence-electron chi connectivity index (χ4n) is 2.27. The van der Waals surface area contributed by atoms with Gasteiger partial charge in [0.2, 0.25) is 0 Å². The third kappa shape index (κ3) is 6.91. The number of aromatic nitrogens is 3. The maximum Gasteiger partial charge on any atom is 0.191 e. The van der Waals surface area contributed by atoms with Crippen LogP contribution in [-0.2, 0) is 13.1 Å².